The molecular weight excluding hydrogens is 292 g/mol. The number of carbonyl (C=O) groups is 2. The van der Waals surface area contributed by atoms with Crippen molar-refractivity contribution in [1.29, 1.82) is 0 Å². The largest absolute Gasteiger partial charge is 0.459 e. The minimum atomic E-state index is -0.0645. The van der Waals surface area contributed by atoms with Gasteiger partial charge < -0.3 is 14.2 Å². The van der Waals surface area contributed by atoms with E-state index in [1.54, 1.807) is 17.0 Å². The predicted molar refractivity (Wildman–Crippen MR) is 87.0 cm³/mol. The quantitative estimate of drug-likeness (QED) is 0.861. The van der Waals surface area contributed by atoms with E-state index in [2.05, 4.69) is 11.8 Å². The van der Waals surface area contributed by atoms with Crippen LogP contribution < -0.4 is 0 Å². The molecule has 2 fully saturated rings. The van der Waals surface area contributed by atoms with Crippen molar-refractivity contribution >= 4 is 11.8 Å². The molecule has 0 N–H and O–H groups in total. The van der Waals surface area contributed by atoms with Gasteiger partial charge in [0.15, 0.2) is 5.76 Å². The molecule has 0 aliphatic carbocycles. The molecule has 1 aromatic heterocycles. The average molecular weight is 318 g/mol. The van der Waals surface area contributed by atoms with Gasteiger partial charge in [-0.1, -0.05) is 6.92 Å². The second-order valence-corrected chi connectivity index (χ2v) is 6.63. The average Bonchev–Trinajstić information content (AvgIpc) is 3.15. The van der Waals surface area contributed by atoms with E-state index in [0.717, 1.165) is 38.6 Å². The van der Waals surface area contributed by atoms with Crippen LogP contribution in [0.15, 0.2) is 22.8 Å². The lowest BCUT2D eigenvalue weighted by Crippen LogP contribution is -2.49. The number of carbonyl (C=O) groups excluding carboxylic acids is 2. The van der Waals surface area contributed by atoms with Crippen molar-refractivity contribution in [3.05, 3.63) is 24.2 Å². The number of furan rings is 1. The Morgan fingerprint density at radius 2 is 1.96 bits per heavy atom. The summed E-state index contributed by atoms with van der Waals surface area (Å²) in [5.74, 6) is 0.701. The Morgan fingerprint density at radius 1 is 1.17 bits per heavy atom. The van der Waals surface area contributed by atoms with Gasteiger partial charge in [-0.25, -0.2) is 0 Å². The van der Waals surface area contributed by atoms with Crippen molar-refractivity contribution in [2.45, 2.75) is 51.5 Å². The first-order valence-corrected chi connectivity index (χ1v) is 8.84. The molecule has 0 saturated carbocycles. The molecule has 0 spiro atoms. The summed E-state index contributed by atoms with van der Waals surface area (Å²) in [6.45, 7) is 4.35. The first-order chi connectivity index (χ1) is 11.2. The topological polar surface area (TPSA) is 53.8 Å². The monoisotopic (exact) mass is 318 g/mol. The Balaban J connectivity index is 1.56. The molecular formula is C18H26N2O3. The molecule has 23 heavy (non-hydrogen) atoms. The maximum atomic E-state index is 12.8. The van der Waals surface area contributed by atoms with Crippen LogP contribution in [0.5, 0.6) is 0 Å². The Bertz CT molecular complexity index is 532. The molecule has 2 amide bonds. The van der Waals surface area contributed by atoms with Crippen molar-refractivity contribution in [3.63, 3.8) is 0 Å². The molecule has 2 aliphatic rings. The Morgan fingerprint density at radius 3 is 2.61 bits per heavy atom. The summed E-state index contributed by atoms with van der Waals surface area (Å²) in [6.07, 6.45) is 7.58. The number of nitrogens with zero attached hydrogens (tertiary/aromatic N) is 2. The van der Waals surface area contributed by atoms with E-state index in [9.17, 15) is 9.59 Å². The molecule has 3 rings (SSSR count). The molecule has 0 radical (unpaired) electrons. The molecule has 1 aromatic rings. The van der Waals surface area contributed by atoms with E-state index >= 15 is 0 Å². The molecule has 2 aliphatic heterocycles. The SMILES string of the molecule is CC[C@@H]1CCCCN1C(=O)C1CCN(C(=O)c2ccco2)CC1. The van der Waals surface area contributed by atoms with E-state index in [1.165, 1.54) is 12.7 Å². The molecule has 3 heterocycles. The standard InChI is InChI=1S/C18H26N2O3/c1-2-15-6-3-4-10-20(15)17(21)14-8-11-19(12-9-14)18(22)16-7-5-13-23-16/h5,7,13-15H,2-4,6,8-12H2,1H3/t15-/m1/s1. The summed E-state index contributed by atoms with van der Waals surface area (Å²) in [5.41, 5.74) is 0. The zero-order valence-corrected chi connectivity index (χ0v) is 13.9. The predicted octanol–water partition coefficient (Wildman–Crippen LogP) is 2.92. The maximum Gasteiger partial charge on any atom is 0.289 e. The van der Waals surface area contributed by atoms with Crippen LogP contribution >= 0.6 is 0 Å². The maximum absolute atomic E-state index is 12.8. The number of amides is 2. The smallest absolute Gasteiger partial charge is 0.289 e. The van der Waals surface area contributed by atoms with Crippen LogP contribution in [0.3, 0.4) is 0 Å². The number of likely N-dealkylation sites (tertiary alicyclic amines) is 2. The lowest BCUT2D eigenvalue weighted by atomic mass is 9.92. The van der Waals surface area contributed by atoms with Gasteiger partial charge >= 0.3 is 0 Å². The van der Waals surface area contributed by atoms with Gasteiger partial charge in [0.05, 0.1) is 6.26 Å². The third-order valence-corrected chi connectivity index (χ3v) is 5.24. The number of piperidine rings is 2. The van der Waals surface area contributed by atoms with E-state index in [-0.39, 0.29) is 11.8 Å². The fourth-order valence-corrected chi connectivity index (χ4v) is 3.84. The lowest BCUT2D eigenvalue weighted by molar-refractivity contribution is -0.140. The summed E-state index contributed by atoms with van der Waals surface area (Å²) in [5, 5.41) is 0. The van der Waals surface area contributed by atoms with Crippen molar-refractivity contribution in [3.8, 4) is 0 Å². The highest BCUT2D eigenvalue weighted by molar-refractivity contribution is 5.91. The van der Waals surface area contributed by atoms with Gasteiger partial charge in [0, 0.05) is 31.6 Å². The Kier molecular flexibility index (Phi) is 5.03. The molecule has 126 valence electrons. The molecule has 2 saturated heterocycles. The summed E-state index contributed by atoms with van der Waals surface area (Å²) in [7, 11) is 0. The van der Waals surface area contributed by atoms with Crippen LogP contribution in [0.2, 0.25) is 0 Å². The highest BCUT2D eigenvalue weighted by atomic mass is 16.3. The first-order valence-electron chi connectivity index (χ1n) is 8.84. The lowest BCUT2D eigenvalue weighted by Gasteiger charge is -2.39. The van der Waals surface area contributed by atoms with Crippen LogP contribution in [0, 0.1) is 5.92 Å². The highest BCUT2D eigenvalue weighted by Crippen LogP contribution is 2.26. The normalized spacial score (nSPS) is 23.1. The number of hydrogen-bond donors (Lipinski definition) is 0. The van der Waals surface area contributed by atoms with Gasteiger partial charge in [-0.3, -0.25) is 9.59 Å². The van der Waals surface area contributed by atoms with Crippen molar-refractivity contribution in [1.82, 2.24) is 9.80 Å². The first kappa shape index (κ1) is 16.1. The van der Waals surface area contributed by atoms with Gasteiger partial charge in [0.25, 0.3) is 5.91 Å². The summed E-state index contributed by atoms with van der Waals surface area (Å²) < 4.78 is 5.18. The van der Waals surface area contributed by atoms with Gasteiger partial charge in [-0.15, -0.1) is 0 Å². The van der Waals surface area contributed by atoms with Crippen LogP contribution in [0.4, 0.5) is 0 Å². The molecule has 0 unspecified atom stereocenters. The summed E-state index contributed by atoms with van der Waals surface area (Å²) in [4.78, 5) is 29.0. The van der Waals surface area contributed by atoms with E-state index < -0.39 is 0 Å². The highest BCUT2D eigenvalue weighted by Gasteiger charge is 2.34. The molecule has 5 nitrogen and oxygen atoms in total. The van der Waals surface area contributed by atoms with Crippen molar-refractivity contribution in [2.75, 3.05) is 19.6 Å². The second kappa shape index (κ2) is 7.20. The fraction of sp³-hybridized carbons (Fsp3) is 0.667. The zero-order valence-electron chi connectivity index (χ0n) is 13.9. The van der Waals surface area contributed by atoms with Gasteiger partial charge in [0.1, 0.15) is 0 Å². The number of rotatable bonds is 3. The summed E-state index contributed by atoms with van der Waals surface area (Å²) in [6, 6.07) is 3.84. The van der Waals surface area contributed by atoms with Crippen LogP contribution in [0.25, 0.3) is 0 Å². The second-order valence-electron chi connectivity index (χ2n) is 6.63. The third kappa shape index (κ3) is 3.43. The van der Waals surface area contributed by atoms with E-state index in [0.29, 0.717) is 30.8 Å². The summed E-state index contributed by atoms with van der Waals surface area (Å²) >= 11 is 0. The van der Waals surface area contributed by atoms with E-state index in [1.807, 2.05) is 0 Å². The van der Waals surface area contributed by atoms with Crippen LogP contribution in [-0.4, -0.2) is 47.3 Å². The zero-order chi connectivity index (χ0) is 16.2. The molecule has 5 heteroatoms. The fourth-order valence-electron chi connectivity index (χ4n) is 3.84. The third-order valence-electron chi connectivity index (χ3n) is 5.24. The van der Waals surface area contributed by atoms with E-state index in [4.69, 9.17) is 4.42 Å². The van der Waals surface area contributed by atoms with Crippen LogP contribution in [0.1, 0.15) is 56.0 Å². The van der Waals surface area contributed by atoms with Gasteiger partial charge in [-0.2, -0.15) is 0 Å². The Labute approximate surface area is 137 Å². The molecule has 0 bridgehead atoms. The minimum Gasteiger partial charge on any atom is -0.459 e. The minimum absolute atomic E-state index is 0.0645. The Hall–Kier alpha value is -1.78. The van der Waals surface area contributed by atoms with Gasteiger partial charge in [0.2, 0.25) is 5.91 Å². The molecule has 0 aromatic carbocycles. The van der Waals surface area contributed by atoms with Crippen molar-refractivity contribution < 1.29 is 14.0 Å². The molecule has 1 atom stereocenters. The van der Waals surface area contributed by atoms with Gasteiger partial charge in [-0.05, 0) is 50.7 Å². The van der Waals surface area contributed by atoms with Crippen LogP contribution in [-0.2, 0) is 4.79 Å². The number of hydrogen-bond acceptors (Lipinski definition) is 3. The van der Waals surface area contributed by atoms with Crippen molar-refractivity contribution in [2.24, 2.45) is 5.92 Å².